The maximum atomic E-state index is 4.35. The standard InChI is InChI=1S/C11H16N4S/c1-3-5-13-11-14-7-10(16-11)9-6-12-8-15(9)4-2/h6-8H,3-5H2,1-2H3,(H,13,14). The minimum absolute atomic E-state index is 0.935. The van der Waals surface area contributed by atoms with Crippen molar-refractivity contribution in [3.63, 3.8) is 0 Å². The Hall–Kier alpha value is -1.36. The highest BCUT2D eigenvalue weighted by molar-refractivity contribution is 7.18. The van der Waals surface area contributed by atoms with Crippen LogP contribution >= 0.6 is 11.3 Å². The third-order valence-corrected chi connectivity index (χ3v) is 3.31. The van der Waals surface area contributed by atoms with Crippen LogP contribution in [0.5, 0.6) is 0 Å². The fourth-order valence-electron chi connectivity index (χ4n) is 1.48. The fourth-order valence-corrected chi connectivity index (χ4v) is 2.35. The first-order valence-electron chi connectivity index (χ1n) is 5.55. The Morgan fingerprint density at radius 3 is 3.00 bits per heavy atom. The normalized spacial score (nSPS) is 10.6. The number of imidazole rings is 1. The van der Waals surface area contributed by atoms with Crippen molar-refractivity contribution in [2.45, 2.75) is 26.8 Å². The van der Waals surface area contributed by atoms with Crippen molar-refractivity contribution in [1.29, 1.82) is 0 Å². The van der Waals surface area contributed by atoms with Gasteiger partial charge in [-0.25, -0.2) is 9.97 Å². The highest BCUT2D eigenvalue weighted by Gasteiger charge is 2.07. The molecule has 0 bridgehead atoms. The molecule has 2 rings (SSSR count). The molecule has 2 aromatic rings. The lowest BCUT2D eigenvalue weighted by Gasteiger charge is -2.01. The molecular formula is C11H16N4S. The van der Waals surface area contributed by atoms with Crippen LogP contribution < -0.4 is 5.32 Å². The zero-order valence-electron chi connectivity index (χ0n) is 9.60. The summed E-state index contributed by atoms with van der Waals surface area (Å²) < 4.78 is 2.12. The van der Waals surface area contributed by atoms with Gasteiger partial charge in [-0.05, 0) is 13.3 Å². The van der Waals surface area contributed by atoms with Gasteiger partial charge in [0.1, 0.15) is 0 Å². The third kappa shape index (κ3) is 2.24. The molecule has 0 aliphatic heterocycles. The Balaban J connectivity index is 2.18. The first-order valence-corrected chi connectivity index (χ1v) is 6.37. The second-order valence-electron chi connectivity index (χ2n) is 3.52. The van der Waals surface area contributed by atoms with Crippen LogP contribution in [-0.2, 0) is 6.54 Å². The summed E-state index contributed by atoms with van der Waals surface area (Å²) in [4.78, 5) is 9.68. The zero-order valence-corrected chi connectivity index (χ0v) is 10.4. The van der Waals surface area contributed by atoms with Crippen LogP contribution in [0.2, 0.25) is 0 Å². The monoisotopic (exact) mass is 236 g/mol. The SMILES string of the molecule is CCCNc1ncc(-c2cncn2CC)s1. The molecule has 0 fully saturated rings. The van der Waals surface area contributed by atoms with E-state index < -0.39 is 0 Å². The summed E-state index contributed by atoms with van der Waals surface area (Å²) in [5.74, 6) is 0. The molecule has 0 aliphatic carbocycles. The Morgan fingerprint density at radius 1 is 1.38 bits per heavy atom. The van der Waals surface area contributed by atoms with Gasteiger partial charge in [0.15, 0.2) is 5.13 Å². The average molecular weight is 236 g/mol. The van der Waals surface area contributed by atoms with Gasteiger partial charge in [0, 0.05) is 19.3 Å². The molecule has 0 aromatic carbocycles. The van der Waals surface area contributed by atoms with Crippen LogP contribution in [0.25, 0.3) is 10.6 Å². The van der Waals surface area contributed by atoms with Gasteiger partial charge < -0.3 is 9.88 Å². The molecule has 2 heterocycles. The minimum atomic E-state index is 0.935. The Labute approximate surface area is 99.4 Å². The molecule has 0 atom stereocenters. The highest BCUT2D eigenvalue weighted by atomic mass is 32.1. The van der Waals surface area contributed by atoms with Gasteiger partial charge in [0.05, 0.1) is 23.1 Å². The van der Waals surface area contributed by atoms with E-state index in [1.165, 1.54) is 0 Å². The quantitative estimate of drug-likeness (QED) is 0.868. The summed E-state index contributed by atoms with van der Waals surface area (Å²) in [6.45, 7) is 6.17. The zero-order chi connectivity index (χ0) is 11.4. The van der Waals surface area contributed by atoms with Crippen molar-refractivity contribution in [1.82, 2.24) is 14.5 Å². The van der Waals surface area contributed by atoms with E-state index in [1.807, 2.05) is 18.7 Å². The number of aryl methyl sites for hydroxylation is 1. The number of aromatic nitrogens is 3. The maximum absolute atomic E-state index is 4.35. The van der Waals surface area contributed by atoms with Crippen LogP contribution in [0.4, 0.5) is 5.13 Å². The highest BCUT2D eigenvalue weighted by Crippen LogP contribution is 2.28. The molecule has 4 nitrogen and oxygen atoms in total. The summed E-state index contributed by atoms with van der Waals surface area (Å²) in [6.07, 6.45) is 6.77. The van der Waals surface area contributed by atoms with Gasteiger partial charge in [-0.1, -0.05) is 18.3 Å². The van der Waals surface area contributed by atoms with Crippen molar-refractivity contribution in [2.75, 3.05) is 11.9 Å². The van der Waals surface area contributed by atoms with Gasteiger partial charge in [0.25, 0.3) is 0 Å². The van der Waals surface area contributed by atoms with Gasteiger partial charge in [-0.3, -0.25) is 0 Å². The molecule has 0 amide bonds. The summed E-state index contributed by atoms with van der Waals surface area (Å²) in [7, 11) is 0. The number of nitrogens with one attached hydrogen (secondary N) is 1. The number of rotatable bonds is 5. The van der Waals surface area contributed by atoms with Crippen molar-refractivity contribution < 1.29 is 0 Å². The molecule has 0 aliphatic rings. The second kappa shape index (κ2) is 5.12. The van der Waals surface area contributed by atoms with E-state index in [1.54, 1.807) is 11.3 Å². The fraction of sp³-hybridized carbons (Fsp3) is 0.455. The Kier molecular flexibility index (Phi) is 3.56. The molecule has 16 heavy (non-hydrogen) atoms. The summed E-state index contributed by atoms with van der Waals surface area (Å²) in [6, 6.07) is 0. The van der Waals surface area contributed by atoms with Crippen LogP contribution in [0.3, 0.4) is 0 Å². The number of nitrogens with zero attached hydrogens (tertiary/aromatic N) is 3. The molecule has 0 radical (unpaired) electrons. The van der Waals surface area contributed by atoms with Crippen LogP contribution in [-0.4, -0.2) is 21.1 Å². The average Bonchev–Trinajstić information content (AvgIpc) is 2.94. The van der Waals surface area contributed by atoms with Crippen molar-refractivity contribution in [2.24, 2.45) is 0 Å². The predicted molar refractivity (Wildman–Crippen MR) is 67.8 cm³/mol. The molecule has 86 valence electrons. The molecule has 0 saturated heterocycles. The van der Waals surface area contributed by atoms with E-state index in [4.69, 9.17) is 0 Å². The third-order valence-electron chi connectivity index (χ3n) is 2.34. The lowest BCUT2D eigenvalue weighted by atomic mass is 10.4. The topological polar surface area (TPSA) is 42.7 Å². The van der Waals surface area contributed by atoms with Gasteiger partial charge in [-0.2, -0.15) is 0 Å². The summed E-state index contributed by atoms with van der Waals surface area (Å²) in [5, 5.41) is 4.28. The van der Waals surface area contributed by atoms with Gasteiger partial charge in [0.2, 0.25) is 0 Å². The minimum Gasteiger partial charge on any atom is -0.362 e. The Morgan fingerprint density at radius 2 is 2.25 bits per heavy atom. The predicted octanol–water partition coefficient (Wildman–Crippen LogP) is 2.85. The van der Waals surface area contributed by atoms with Crippen LogP contribution in [0, 0.1) is 0 Å². The molecule has 1 N–H and O–H groups in total. The number of hydrogen-bond donors (Lipinski definition) is 1. The number of anilines is 1. The van der Waals surface area contributed by atoms with E-state index in [9.17, 15) is 0 Å². The molecule has 0 saturated carbocycles. The smallest absolute Gasteiger partial charge is 0.183 e. The molecule has 2 aromatic heterocycles. The number of hydrogen-bond acceptors (Lipinski definition) is 4. The van der Waals surface area contributed by atoms with Crippen molar-refractivity contribution in [3.05, 3.63) is 18.7 Å². The molecular weight excluding hydrogens is 220 g/mol. The summed E-state index contributed by atoms with van der Waals surface area (Å²) >= 11 is 1.68. The van der Waals surface area contributed by atoms with E-state index in [0.29, 0.717) is 0 Å². The van der Waals surface area contributed by atoms with Gasteiger partial charge >= 0.3 is 0 Å². The number of thiazole rings is 1. The summed E-state index contributed by atoms with van der Waals surface area (Å²) in [5.41, 5.74) is 1.14. The first-order chi connectivity index (χ1) is 7.85. The van der Waals surface area contributed by atoms with Crippen LogP contribution in [0.1, 0.15) is 20.3 Å². The van der Waals surface area contributed by atoms with E-state index >= 15 is 0 Å². The van der Waals surface area contributed by atoms with E-state index in [0.717, 1.165) is 35.2 Å². The maximum Gasteiger partial charge on any atom is 0.183 e. The molecule has 5 heteroatoms. The largest absolute Gasteiger partial charge is 0.362 e. The second-order valence-corrected chi connectivity index (χ2v) is 4.55. The van der Waals surface area contributed by atoms with Crippen molar-refractivity contribution in [3.8, 4) is 10.6 Å². The Bertz CT molecular complexity index is 446. The van der Waals surface area contributed by atoms with E-state index in [-0.39, 0.29) is 0 Å². The molecule has 0 spiro atoms. The first kappa shape index (κ1) is 11.1. The lowest BCUT2D eigenvalue weighted by Crippen LogP contribution is -1.97. The van der Waals surface area contributed by atoms with Gasteiger partial charge in [-0.15, -0.1) is 0 Å². The van der Waals surface area contributed by atoms with Crippen molar-refractivity contribution >= 4 is 16.5 Å². The lowest BCUT2D eigenvalue weighted by molar-refractivity contribution is 0.770. The molecule has 0 unspecified atom stereocenters. The van der Waals surface area contributed by atoms with Crippen LogP contribution in [0.15, 0.2) is 18.7 Å². The van der Waals surface area contributed by atoms with E-state index in [2.05, 4.69) is 33.7 Å².